The summed E-state index contributed by atoms with van der Waals surface area (Å²) in [6.45, 7) is 4.54. The highest BCUT2D eigenvalue weighted by atomic mass is 32.1. The summed E-state index contributed by atoms with van der Waals surface area (Å²) in [6.07, 6.45) is 4.65. The van der Waals surface area contributed by atoms with E-state index in [2.05, 4.69) is 17.2 Å². The lowest BCUT2D eigenvalue weighted by Crippen LogP contribution is -2.20. The van der Waals surface area contributed by atoms with Crippen molar-refractivity contribution in [2.45, 2.75) is 39.7 Å². The van der Waals surface area contributed by atoms with Gasteiger partial charge in [0.2, 0.25) is 0 Å². The molecule has 2 N–H and O–H groups in total. The van der Waals surface area contributed by atoms with E-state index in [4.69, 9.17) is 0 Å². The standard InChI is InChI=1S/C19H21N3O3S/c1-3-4-5-10-22-11-20-18-15(19(22)25)12(2)16(26-18)17(24)21-13-6-8-14(23)9-7-13/h6-9,11,23H,3-5,10H2,1-2H3,(H,21,24). The number of phenolic OH excluding ortho intramolecular Hbond substituents is 1. The lowest BCUT2D eigenvalue weighted by atomic mass is 10.2. The van der Waals surface area contributed by atoms with Crippen molar-refractivity contribution in [1.82, 2.24) is 9.55 Å². The van der Waals surface area contributed by atoms with E-state index in [1.165, 1.54) is 23.5 Å². The van der Waals surface area contributed by atoms with Crippen molar-refractivity contribution in [3.8, 4) is 5.75 Å². The van der Waals surface area contributed by atoms with Gasteiger partial charge in [0.05, 0.1) is 16.6 Å². The van der Waals surface area contributed by atoms with Crippen molar-refractivity contribution in [2.75, 3.05) is 5.32 Å². The number of benzene rings is 1. The third kappa shape index (κ3) is 3.62. The van der Waals surface area contributed by atoms with E-state index >= 15 is 0 Å². The number of carbonyl (C=O) groups is 1. The zero-order valence-corrected chi connectivity index (χ0v) is 15.6. The Bertz CT molecular complexity index is 990. The van der Waals surface area contributed by atoms with Crippen LogP contribution in [-0.4, -0.2) is 20.6 Å². The Morgan fingerprint density at radius 1 is 1.27 bits per heavy atom. The number of fused-ring (bicyclic) bond motifs is 1. The summed E-state index contributed by atoms with van der Waals surface area (Å²) >= 11 is 1.22. The van der Waals surface area contributed by atoms with E-state index in [0.29, 0.717) is 32.9 Å². The van der Waals surface area contributed by atoms with Crippen molar-refractivity contribution in [3.05, 3.63) is 51.4 Å². The van der Waals surface area contributed by atoms with Crippen LogP contribution in [0.15, 0.2) is 35.4 Å². The maximum atomic E-state index is 12.7. The Kier molecular flexibility index (Phi) is 5.37. The maximum absolute atomic E-state index is 12.7. The number of unbranched alkanes of at least 4 members (excludes halogenated alkanes) is 2. The van der Waals surface area contributed by atoms with Crippen LogP contribution in [-0.2, 0) is 6.54 Å². The summed E-state index contributed by atoms with van der Waals surface area (Å²) in [7, 11) is 0. The minimum Gasteiger partial charge on any atom is -0.508 e. The number of thiophene rings is 1. The Labute approximate surface area is 155 Å². The van der Waals surface area contributed by atoms with Crippen LogP contribution in [0, 0.1) is 6.92 Å². The second-order valence-corrected chi connectivity index (χ2v) is 7.19. The Balaban J connectivity index is 1.90. The number of phenols is 1. The molecule has 1 amide bonds. The summed E-state index contributed by atoms with van der Waals surface area (Å²) < 4.78 is 1.62. The zero-order chi connectivity index (χ0) is 18.7. The molecule has 0 saturated heterocycles. The molecule has 26 heavy (non-hydrogen) atoms. The Morgan fingerprint density at radius 2 is 2.00 bits per heavy atom. The molecule has 3 aromatic rings. The topological polar surface area (TPSA) is 84.2 Å². The summed E-state index contributed by atoms with van der Waals surface area (Å²) in [5.74, 6) is -0.151. The van der Waals surface area contributed by atoms with E-state index in [1.807, 2.05) is 0 Å². The number of carbonyl (C=O) groups excluding carboxylic acids is 1. The molecule has 0 fully saturated rings. The average molecular weight is 371 g/mol. The number of aryl methyl sites for hydroxylation is 2. The molecule has 0 atom stereocenters. The minimum absolute atomic E-state index is 0.0939. The molecule has 6 nitrogen and oxygen atoms in total. The van der Waals surface area contributed by atoms with Gasteiger partial charge in [0.1, 0.15) is 10.6 Å². The lowest BCUT2D eigenvalue weighted by molar-refractivity contribution is 0.103. The molecule has 0 aliphatic heterocycles. The molecule has 2 aromatic heterocycles. The molecule has 0 saturated carbocycles. The van der Waals surface area contributed by atoms with Gasteiger partial charge in [-0.25, -0.2) is 4.98 Å². The predicted octanol–water partition coefficient (Wildman–Crippen LogP) is 3.91. The molecule has 0 unspecified atom stereocenters. The van der Waals surface area contributed by atoms with Gasteiger partial charge < -0.3 is 10.4 Å². The number of aromatic hydroxyl groups is 1. The number of hydrogen-bond acceptors (Lipinski definition) is 5. The number of rotatable bonds is 6. The van der Waals surface area contributed by atoms with Crippen LogP contribution in [0.4, 0.5) is 5.69 Å². The van der Waals surface area contributed by atoms with Crippen molar-refractivity contribution < 1.29 is 9.90 Å². The van der Waals surface area contributed by atoms with Crippen LogP contribution in [0.25, 0.3) is 10.2 Å². The van der Waals surface area contributed by atoms with E-state index < -0.39 is 0 Å². The summed E-state index contributed by atoms with van der Waals surface area (Å²) in [4.78, 5) is 30.8. The van der Waals surface area contributed by atoms with Gasteiger partial charge in [-0.05, 0) is 43.2 Å². The quantitative estimate of drug-likeness (QED) is 0.508. The number of nitrogens with one attached hydrogen (secondary N) is 1. The largest absolute Gasteiger partial charge is 0.508 e. The molecule has 0 aliphatic rings. The monoisotopic (exact) mass is 371 g/mol. The molecule has 136 valence electrons. The molecule has 0 radical (unpaired) electrons. The zero-order valence-electron chi connectivity index (χ0n) is 14.8. The van der Waals surface area contributed by atoms with Gasteiger partial charge in [0.25, 0.3) is 11.5 Å². The van der Waals surface area contributed by atoms with Crippen molar-refractivity contribution in [2.24, 2.45) is 0 Å². The molecular weight excluding hydrogens is 350 g/mol. The molecule has 3 rings (SSSR count). The summed E-state index contributed by atoms with van der Waals surface area (Å²) in [5.41, 5.74) is 1.14. The lowest BCUT2D eigenvalue weighted by Gasteiger charge is -2.05. The fraction of sp³-hybridized carbons (Fsp3) is 0.316. The van der Waals surface area contributed by atoms with Gasteiger partial charge in [-0.15, -0.1) is 11.3 Å². The van der Waals surface area contributed by atoms with E-state index in [-0.39, 0.29) is 17.2 Å². The molecule has 7 heteroatoms. The smallest absolute Gasteiger partial charge is 0.266 e. The number of anilines is 1. The summed E-state index contributed by atoms with van der Waals surface area (Å²) in [5, 5.41) is 12.6. The third-order valence-corrected chi connectivity index (χ3v) is 5.45. The fourth-order valence-corrected chi connectivity index (χ4v) is 3.83. The van der Waals surface area contributed by atoms with Gasteiger partial charge in [-0.2, -0.15) is 0 Å². The third-order valence-electron chi connectivity index (χ3n) is 4.25. The number of aromatic nitrogens is 2. The second-order valence-electron chi connectivity index (χ2n) is 6.19. The van der Waals surface area contributed by atoms with Crippen LogP contribution >= 0.6 is 11.3 Å². The van der Waals surface area contributed by atoms with E-state index in [9.17, 15) is 14.7 Å². The minimum atomic E-state index is -0.284. The number of amides is 1. The van der Waals surface area contributed by atoms with Crippen LogP contribution in [0.3, 0.4) is 0 Å². The highest BCUT2D eigenvalue weighted by Crippen LogP contribution is 2.28. The predicted molar refractivity (Wildman–Crippen MR) is 104 cm³/mol. The SMILES string of the molecule is CCCCCn1cnc2sc(C(=O)Nc3ccc(O)cc3)c(C)c2c1=O. The first kappa shape index (κ1) is 18.1. The van der Waals surface area contributed by atoms with Gasteiger partial charge in [0.15, 0.2) is 0 Å². The molecule has 0 aliphatic carbocycles. The molecule has 0 spiro atoms. The van der Waals surface area contributed by atoms with Crippen LogP contribution in [0.5, 0.6) is 5.75 Å². The van der Waals surface area contributed by atoms with Crippen molar-refractivity contribution in [1.29, 1.82) is 0 Å². The van der Waals surface area contributed by atoms with Crippen LogP contribution < -0.4 is 10.9 Å². The van der Waals surface area contributed by atoms with Gasteiger partial charge in [-0.3, -0.25) is 14.2 Å². The molecule has 0 bridgehead atoms. The number of hydrogen-bond donors (Lipinski definition) is 2. The molecule has 1 aromatic carbocycles. The van der Waals surface area contributed by atoms with E-state index in [1.54, 1.807) is 30.0 Å². The van der Waals surface area contributed by atoms with Gasteiger partial charge in [0, 0.05) is 12.2 Å². The van der Waals surface area contributed by atoms with Crippen molar-refractivity contribution >= 4 is 33.1 Å². The highest BCUT2D eigenvalue weighted by Gasteiger charge is 2.19. The first-order chi connectivity index (χ1) is 12.5. The van der Waals surface area contributed by atoms with Crippen molar-refractivity contribution in [3.63, 3.8) is 0 Å². The van der Waals surface area contributed by atoms with Crippen LogP contribution in [0.1, 0.15) is 41.4 Å². The maximum Gasteiger partial charge on any atom is 0.266 e. The first-order valence-electron chi connectivity index (χ1n) is 8.60. The highest BCUT2D eigenvalue weighted by molar-refractivity contribution is 7.20. The Hall–Kier alpha value is -2.67. The fourth-order valence-electron chi connectivity index (χ4n) is 2.80. The normalized spacial score (nSPS) is 11.0. The molecular formula is C19H21N3O3S. The average Bonchev–Trinajstić information content (AvgIpc) is 2.97. The first-order valence-corrected chi connectivity index (χ1v) is 9.41. The Morgan fingerprint density at radius 3 is 2.69 bits per heavy atom. The molecule has 2 heterocycles. The summed E-state index contributed by atoms with van der Waals surface area (Å²) in [6, 6.07) is 6.25. The second kappa shape index (κ2) is 7.70. The van der Waals surface area contributed by atoms with Gasteiger partial charge in [-0.1, -0.05) is 19.8 Å². The van der Waals surface area contributed by atoms with E-state index in [0.717, 1.165) is 19.3 Å². The van der Waals surface area contributed by atoms with Gasteiger partial charge >= 0.3 is 0 Å². The number of nitrogens with zero attached hydrogens (tertiary/aromatic N) is 2. The van der Waals surface area contributed by atoms with Crippen LogP contribution in [0.2, 0.25) is 0 Å².